The zero-order valence-corrected chi connectivity index (χ0v) is 15.6. The molecule has 3 aliphatic heterocycles. The minimum Gasteiger partial charge on any atom is -0.481 e. The Kier molecular flexibility index (Phi) is 4.62. The van der Waals surface area contributed by atoms with E-state index in [0.717, 1.165) is 18.5 Å². The van der Waals surface area contributed by atoms with Gasteiger partial charge in [-0.05, 0) is 12.8 Å². The summed E-state index contributed by atoms with van der Waals surface area (Å²) in [5, 5.41) is 2.00. The van der Waals surface area contributed by atoms with Crippen LogP contribution in [0.1, 0.15) is 18.5 Å². The lowest BCUT2D eigenvalue weighted by molar-refractivity contribution is -0.140. The van der Waals surface area contributed by atoms with Crippen molar-refractivity contribution in [2.75, 3.05) is 32.2 Å². The molecular weight excluding hydrogens is 354 g/mol. The number of hydrogen-bond donors (Lipinski definition) is 0. The number of piperidine rings is 1. The zero-order chi connectivity index (χ0) is 18.1. The molecule has 8 nitrogen and oxygen atoms in total. The van der Waals surface area contributed by atoms with E-state index in [9.17, 15) is 4.79 Å². The highest BCUT2D eigenvalue weighted by molar-refractivity contribution is 7.07. The van der Waals surface area contributed by atoms with Crippen LogP contribution in [-0.2, 0) is 11.3 Å². The molecule has 2 aromatic rings. The normalized spacial score (nSPS) is 22.5. The van der Waals surface area contributed by atoms with Gasteiger partial charge in [0, 0.05) is 24.5 Å². The topological polar surface area (TPSA) is 80.7 Å². The number of anilines is 1. The second kappa shape index (κ2) is 7.06. The Morgan fingerprint density at radius 2 is 1.96 bits per heavy atom. The van der Waals surface area contributed by atoms with Gasteiger partial charge in [-0.2, -0.15) is 9.97 Å². The predicted molar refractivity (Wildman–Crippen MR) is 96.5 cm³/mol. The van der Waals surface area contributed by atoms with Gasteiger partial charge in [0.2, 0.25) is 23.6 Å². The maximum atomic E-state index is 12.9. The lowest BCUT2D eigenvalue weighted by Crippen LogP contribution is -2.47. The Bertz CT molecular complexity index is 762. The highest BCUT2D eigenvalue weighted by Crippen LogP contribution is 2.32. The molecule has 9 heteroatoms. The molecule has 5 heterocycles. The predicted octanol–water partition coefficient (Wildman–Crippen LogP) is 1.58. The number of thiazole rings is 1. The number of fused-ring (bicyclic) bond motifs is 4. The molecule has 5 rings (SSSR count). The van der Waals surface area contributed by atoms with Gasteiger partial charge in [0.1, 0.15) is 0 Å². The fraction of sp³-hybridized carbons (Fsp3) is 0.529. The second-order valence-corrected chi connectivity index (χ2v) is 7.25. The van der Waals surface area contributed by atoms with Gasteiger partial charge in [-0.15, -0.1) is 11.3 Å². The molecular formula is C17H21N5O3S. The number of carbonyl (C=O) groups excluding carboxylic acids is 1. The third-order valence-electron chi connectivity index (χ3n) is 4.98. The molecule has 0 aliphatic carbocycles. The van der Waals surface area contributed by atoms with Gasteiger partial charge in [-0.25, -0.2) is 4.98 Å². The van der Waals surface area contributed by atoms with Crippen LogP contribution in [0.15, 0.2) is 17.0 Å². The van der Waals surface area contributed by atoms with Crippen LogP contribution in [0.4, 0.5) is 5.95 Å². The number of nitrogens with zero attached hydrogens (tertiary/aromatic N) is 5. The fourth-order valence-electron chi connectivity index (χ4n) is 3.64. The van der Waals surface area contributed by atoms with Crippen LogP contribution in [0.5, 0.6) is 11.8 Å². The van der Waals surface area contributed by atoms with Crippen molar-refractivity contribution < 1.29 is 14.3 Å². The number of hydrogen-bond acceptors (Lipinski definition) is 8. The summed E-state index contributed by atoms with van der Waals surface area (Å²) in [6, 6.07) is 1.78. The number of aromatic nitrogens is 3. The highest BCUT2D eigenvalue weighted by Gasteiger charge is 2.41. The number of rotatable bonds is 5. The first kappa shape index (κ1) is 17.0. The summed E-state index contributed by atoms with van der Waals surface area (Å²) in [7, 11) is 3.13. The van der Waals surface area contributed by atoms with E-state index in [-0.39, 0.29) is 17.9 Å². The molecule has 1 amide bonds. The van der Waals surface area contributed by atoms with E-state index >= 15 is 0 Å². The van der Waals surface area contributed by atoms with E-state index in [0.29, 0.717) is 37.3 Å². The summed E-state index contributed by atoms with van der Waals surface area (Å²) < 4.78 is 10.5. The van der Waals surface area contributed by atoms with E-state index in [4.69, 9.17) is 9.47 Å². The van der Waals surface area contributed by atoms with Crippen molar-refractivity contribution in [3.8, 4) is 11.8 Å². The van der Waals surface area contributed by atoms with Crippen LogP contribution in [0.25, 0.3) is 0 Å². The fourth-order valence-corrected chi connectivity index (χ4v) is 4.19. The minimum absolute atomic E-state index is 0.0480. The molecule has 0 aromatic carbocycles. The summed E-state index contributed by atoms with van der Waals surface area (Å²) in [5.41, 5.74) is 2.75. The van der Waals surface area contributed by atoms with Crippen LogP contribution >= 0.6 is 11.3 Å². The first-order valence-electron chi connectivity index (χ1n) is 8.57. The van der Waals surface area contributed by atoms with E-state index in [1.165, 1.54) is 0 Å². The Labute approximate surface area is 155 Å². The molecule has 0 N–H and O–H groups in total. The summed E-state index contributed by atoms with van der Waals surface area (Å²) >= 11 is 1.55. The lowest BCUT2D eigenvalue weighted by Gasteiger charge is -2.35. The third kappa shape index (κ3) is 3.18. The molecule has 0 spiro atoms. The van der Waals surface area contributed by atoms with Gasteiger partial charge in [0.15, 0.2) is 0 Å². The van der Waals surface area contributed by atoms with Crippen molar-refractivity contribution >= 4 is 23.2 Å². The number of methoxy groups -OCH3 is 2. The Morgan fingerprint density at radius 1 is 1.19 bits per heavy atom. The van der Waals surface area contributed by atoms with E-state index in [2.05, 4.69) is 19.9 Å². The lowest BCUT2D eigenvalue weighted by atomic mass is 9.94. The molecule has 0 radical (unpaired) electrons. The third-order valence-corrected chi connectivity index (χ3v) is 5.61. The van der Waals surface area contributed by atoms with Crippen molar-refractivity contribution in [2.45, 2.75) is 25.4 Å². The zero-order valence-electron chi connectivity index (χ0n) is 14.8. The van der Waals surface area contributed by atoms with Gasteiger partial charge in [0.25, 0.3) is 0 Å². The highest BCUT2D eigenvalue weighted by atomic mass is 32.1. The number of ether oxygens (including phenoxy) is 2. The first-order chi connectivity index (χ1) is 12.7. The van der Waals surface area contributed by atoms with Gasteiger partial charge < -0.3 is 19.3 Å². The van der Waals surface area contributed by atoms with Crippen LogP contribution < -0.4 is 14.4 Å². The molecule has 3 fully saturated rings. The Hall–Kier alpha value is -2.42. The molecule has 3 saturated heterocycles. The monoisotopic (exact) mass is 375 g/mol. The largest absolute Gasteiger partial charge is 0.481 e. The SMILES string of the molecule is COc1cc(OC)nc(N2C[C@H]3CC[C@@H](C2)N(Cc2cscn2)C3=O)n1. The van der Waals surface area contributed by atoms with E-state index in [1.807, 2.05) is 10.3 Å². The van der Waals surface area contributed by atoms with Crippen molar-refractivity contribution in [2.24, 2.45) is 5.92 Å². The standard InChI is InChI=1S/C17H21N5O3S/c1-24-14-5-15(25-2)20-17(19-14)21-6-11-3-4-13(8-21)22(16(11)23)7-12-9-26-10-18-12/h5,9-11,13H,3-4,6-8H2,1-2H3/t11-,13+/m1/s1. The van der Waals surface area contributed by atoms with Crippen LogP contribution in [0.2, 0.25) is 0 Å². The minimum atomic E-state index is -0.0480. The van der Waals surface area contributed by atoms with Crippen LogP contribution in [-0.4, -0.2) is 59.1 Å². The molecule has 138 valence electrons. The van der Waals surface area contributed by atoms with Crippen molar-refractivity contribution in [3.05, 3.63) is 22.7 Å². The molecule has 26 heavy (non-hydrogen) atoms. The summed E-state index contributed by atoms with van der Waals surface area (Å²) in [6.45, 7) is 1.88. The Morgan fingerprint density at radius 3 is 2.62 bits per heavy atom. The number of amides is 1. The summed E-state index contributed by atoms with van der Waals surface area (Å²) in [6.07, 6.45) is 1.88. The molecule has 2 bridgehead atoms. The van der Waals surface area contributed by atoms with E-state index in [1.54, 1.807) is 37.1 Å². The quantitative estimate of drug-likeness (QED) is 0.785. The van der Waals surface area contributed by atoms with E-state index < -0.39 is 0 Å². The molecule has 2 atom stereocenters. The summed E-state index contributed by atoms with van der Waals surface area (Å²) in [5.74, 6) is 1.60. The maximum Gasteiger partial charge on any atom is 0.232 e. The maximum absolute atomic E-state index is 12.9. The number of carbonyl (C=O) groups is 1. The molecule has 0 unspecified atom stereocenters. The van der Waals surface area contributed by atoms with Gasteiger partial charge in [0.05, 0.1) is 44.0 Å². The van der Waals surface area contributed by atoms with Crippen molar-refractivity contribution in [1.29, 1.82) is 0 Å². The molecule has 2 aromatic heterocycles. The van der Waals surface area contributed by atoms with Crippen LogP contribution in [0.3, 0.4) is 0 Å². The van der Waals surface area contributed by atoms with Crippen molar-refractivity contribution in [1.82, 2.24) is 19.9 Å². The molecule has 3 aliphatic rings. The Balaban J connectivity index is 1.60. The smallest absolute Gasteiger partial charge is 0.232 e. The average Bonchev–Trinajstić information content (AvgIpc) is 3.03. The first-order valence-corrected chi connectivity index (χ1v) is 9.51. The summed E-state index contributed by atoms with van der Waals surface area (Å²) in [4.78, 5) is 30.2. The van der Waals surface area contributed by atoms with Crippen molar-refractivity contribution in [3.63, 3.8) is 0 Å². The van der Waals surface area contributed by atoms with Gasteiger partial charge in [-0.1, -0.05) is 0 Å². The van der Waals surface area contributed by atoms with Gasteiger partial charge in [-0.3, -0.25) is 4.79 Å². The average molecular weight is 375 g/mol. The second-order valence-electron chi connectivity index (χ2n) is 6.53. The molecule has 0 saturated carbocycles. The van der Waals surface area contributed by atoms with Gasteiger partial charge >= 0.3 is 0 Å². The van der Waals surface area contributed by atoms with Crippen LogP contribution in [0, 0.1) is 5.92 Å².